The first-order valence-electron chi connectivity index (χ1n) is 6.43. The van der Waals surface area contributed by atoms with Gasteiger partial charge in [0, 0.05) is 5.75 Å². The fourth-order valence-corrected chi connectivity index (χ4v) is 2.28. The van der Waals surface area contributed by atoms with E-state index in [1.165, 1.54) is 11.8 Å². The molecular weight excluding hydrogens is 282 g/mol. The molecular formula is C13H25NO5S. The van der Waals surface area contributed by atoms with Gasteiger partial charge >= 0.3 is 12.1 Å². The summed E-state index contributed by atoms with van der Waals surface area (Å²) in [5.41, 5.74) is -1.45. The Morgan fingerprint density at radius 3 is 2.20 bits per heavy atom. The van der Waals surface area contributed by atoms with E-state index in [9.17, 15) is 14.7 Å². The SMILES string of the molecule is CC(C)(O)CSCCC(NC(=O)OC(C)(C)C)C(=O)O. The minimum Gasteiger partial charge on any atom is -0.480 e. The molecule has 118 valence electrons. The number of aliphatic carboxylic acids is 1. The number of aliphatic hydroxyl groups is 1. The number of ether oxygens (including phenoxy) is 1. The first-order chi connectivity index (χ1) is 8.91. The number of hydrogen-bond donors (Lipinski definition) is 3. The molecule has 0 saturated heterocycles. The summed E-state index contributed by atoms with van der Waals surface area (Å²) in [5, 5.41) is 20.9. The first-order valence-corrected chi connectivity index (χ1v) is 7.58. The van der Waals surface area contributed by atoms with Crippen molar-refractivity contribution in [2.75, 3.05) is 11.5 Å². The molecule has 0 saturated carbocycles. The van der Waals surface area contributed by atoms with E-state index in [4.69, 9.17) is 9.84 Å². The molecule has 7 heteroatoms. The van der Waals surface area contributed by atoms with Crippen LogP contribution in [-0.2, 0) is 9.53 Å². The van der Waals surface area contributed by atoms with E-state index in [1.807, 2.05) is 0 Å². The maximum atomic E-state index is 11.5. The number of hydrogen-bond acceptors (Lipinski definition) is 5. The molecule has 0 aromatic carbocycles. The second-order valence-electron chi connectivity index (χ2n) is 6.19. The predicted octanol–water partition coefficient (Wildman–Crippen LogP) is 1.86. The van der Waals surface area contributed by atoms with Crippen molar-refractivity contribution in [3.63, 3.8) is 0 Å². The fraction of sp³-hybridized carbons (Fsp3) is 0.846. The molecule has 1 atom stereocenters. The Morgan fingerprint density at radius 2 is 1.80 bits per heavy atom. The first kappa shape index (κ1) is 19.1. The highest BCUT2D eigenvalue weighted by Crippen LogP contribution is 2.14. The minimum absolute atomic E-state index is 0.273. The Bertz CT molecular complexity index is 333. The minimum atomic E-state index is -1.10. The highest BCUT2D eigenvalue weighted by molar-refractivity contribution is 7.99. The summed E-state index contributed by atoms with van der Waals surface area (Å²) in [6.45, 7) is 8.51. The Balaban J connectivity index is 4.18. The van der Waals surface area contributed by atoms with Gasteiger partial charge in [0.25, 0.3) is 0 Å². The average molecular weight is 307 g/mol. The van der Waals surface area contributed by atoms with E-state index in [2.05, 4.69) is 5.32 Å². The molecule has 0 aliphatic rings. The lowest BCUT2D eigenvalue weighted by Crippen LogP contribution is -2.43. The van der Waals surface area contributed by atoms with Crippen LogP contribution in [0, 0.1) is 0 Å². The molecule has 6 nitrogen and oxygen atoms in total. The maximum Gasteiger partial charge on any atom is 0.408 e. The molecule has 0 aromatic heterocycles. The van der Waals surface area contributed by atoms with Gasteiger partial charge in [-0.25, -0.2) is 9.59 Å². The van der Waals surface area contributed by atoms with Crippen molar-refractivity contribution in [3.8, 4) is 0 Å². The average Bonchev–Trinajstić information content (AvgIpc) is 2.17. The number of thioether (sulfide) groups is 1. The van der Waals surface area contributed by atoms with Crippen LogP contribution in [-0.4, -0.2) is 51.0 Å². The summed E-state index contributed by atoms with van der Waals surface area (Å²) in [6, 6.07) is -0.987. The van der Waals surface area contributed by atoms with Gasteiger partial charge in [-0.3, -0.25) is 0 Å². The van der Waals surface area contributed by atoms with E-state index in [1.54, 1.807) is 34.6 Å². The molecule has 1 amide bonds. The zero-order valence-electron chi connectivity index (χ0n) is 12.7. The van der Waals surface area contributed by atoms with Gasteiger partial charge in [-0.1, -0.05) is 0 Å². The Hall–Kier alpha value is -0.950. The van der Waals surface area contributed by atoms with Crippen LogP contribution in [0.2, 0.25) is 0 Å². The van der Waals surface area contributed by atoms with E-state index in [0.29, 0.717) is 11.5 Å². The lowest BCUT2D eigenvalue weighted by atomic mass is 10.2. The predicted molar refractivity (Wildman–Crippen MR) is 79.0 cm³/mol. The summed E-state index contributed by atoms with van der Waals surface area (Å²) in [4.78, 5) is 22.6. The van der Waals surface area contributed by atoms with E-state index in [-0.39, 0.29) is 6.42 Å². The van der Waals surface area contributed by atoms with Gasteiger partial charge in [-0.15, -0.1) is 0 Å². The van der Waals surface area contributed by atoms with Crippen molar-refractivity contribution >= 4 is 23.8 Å². The number of carboxylic acids is 1. The molecule has 0 aromatic rings. The van der Waals surface area contributed by atoms with Crippen molar-refractivity contribution in [1.82, 2.24) is 5.32 Å². The number of carboxylic acid groups (broad SMARTS) is 1. The number of amides is 1. The molecule has 3 N–H and O–H groups in total. The topological polar surface area (TPSA) is 95.9 Å². The monoisotopic (exact) mass is 307 g/mol. The molecule has 0 fully saturated rings. The summed E-state index contributed by atoms with van der Waals surface area (Å²) in [7, 11) is 0. The molecule has 0 radical (unpaired) electrons. The molecule has 0 aliphatic heterocycles. The van der Waals surface area contributed by atoms with E-state index < -0.39 is 29.3 Å². The third-order valence-corrected chi connectivity index (χ3v) is 3.43. The third-order valence-electron chi connectivity index (χ3n) is 2.00. The second kappa shape index (κ2) is 7.73. The van der Waals surface area contributed by atoms with Crippen LogP contribution < -0.4 is 5.32 Å². The van der Waals surface area contributed by atoms with Crippen LogP contribution in [0.5, 0.6) is 0 Å². The summed E-state index contributed by atoms with van der Waals surface area (Å²) < 4.78 is 5.02. The van der Waals surface area contributed by atoms with Crippen molar-refractivity contribution < 1.29 is 24.5 Å². The molecule has 1 unspecified atom stereocenters. The zero-order chi connectivity index (χ0) is 16.0. The number of nitrogens with one attached hydrogen (secondary N) is 1. The van der Waals surface area contributed by atoms with E-state index >= 15 is 0 Å². The summed E-state index contributed by atoms with van der Waals surface area (Å²) in [6.07, 6.45) is -0.465. The van der Waals surface area contributed by atoms with E-state index in [0.717, 1.165) is 0 Å². The number of carbonyl (C=O) groups excluding carboxylic acids is 1. The van der Waals surface area contributed by atoms with Crippen LogP contribution in [0.25, 0.3) is 0 Å². The van der Waals surface area contributed by atoms with Gasteiger partial charge in [0.2, 0.25) is 0 Å². The van der Waals surface area contributed by atoms with Crippen molar-refractivity contribution in [1.29, 1.82) is 0 Å². The van der Waals surface area contributed by atoms with Gasteiger partial charge in [-0.05, 0) is 46.8 Å². The smallest absolute Gasteiger partial charge is 0.408 e. The number of alkyl carbamates (subject to hydrolysis) is 1. The molecule has 0 rings (SSSR count). The van der Waals surface area contributed by atoms with Gasteiger partial charge < -0.3 is 20.3 Å². The zero-order valence-corrected chi connectivity index (χ0v) is 13.5. The highest BCUT2D eigenvalue weighted by atomic mass is 32.2. The highest BCUT2D eigenvalue weighted by Gasteiger charge is 2.24. The number of rotatable bonds is 7. The second-order valence-corrected chi connectivity index (χ2v) is 7.30. The van der Waals surface area contributed by atoms with Gasteiger partial charge in [-0.2, -0.15) is 11.8 Å². The molecule has 0 aliphatic carbocycles. The third kappa shape index (κ3) is 10.9. The van der Waals surface area contributed by atoms with Crippen LogP contribution in [0.1, 0.15) is 41.0 Å². The van der Waals surface area contributed by atoms with Crippen molar-refractivity contribution in [3.05, 3.63) is 0 Å². The Morgan fingerprint density at radius 1 is 1.25 bits per heavy atom. The van der Waals surface area contributed by atoms with Crippen LogP contribution in [0.3, 0.4) is 0 Å². The van der Waals surface area contributed by atoms with Crippen molar-refractivity contribution in [2.45, 2.75) is 58.3 Å². The maximum absolute atomic E-state index is 11.5. The Labute approximate surface area is 124 Å². The fourth-order valence-electron chi connectivity index (χ4n) is 1.23. The van der Waals surface area contributed by atoms with Crippen molar-refractivity contribution in [2.24, 2.45) is 0 Å². The molecule has 0 bridgehead atoms. The Kier molecular flexibility index (Phi) is 7.37. The number of carbonyl (C=O) groups is 2. The van der Waals surface area contributed by atoms with Crippen LogP contribution in [0.4, 0.5) is 4.79 Å². The summed E-state index contributed by atoms with van der Waals surface area (Å²) in [5.74, 6) is -0.0672. The summed E-state index contributed by atoms with van der Waals surface area (Å²) >= 11 is 1.44. The molecule has 20 heavy (non-hydrogen) atoms. The normalized spacial score (nSPS) is 13.7. The van der Waals surface area contributed by atoms with Crippen LogP contribution >= 0.6 is 11.8 Å². The lowest BCUT2D eigenvalue weighted by Gasteiger charge is -2.22. The standard InChI is InChI=1S/C13H25NO5S/c1-12(2,3)19-11(17)14-9(10(15)16)6-7-20-8-13(4,5)18/h9,18H,6-8H2,1-5H3,(H,14,17)(H,15,16). The van der Waals surface area contributed by atoms with Gasteiger partial charge in [0.15, 0.2) is 0 Å². The van der Waals surface area contributed by atoms with Gasteiger partial charge in [0.05, 0.1) is 5.60 Å². The molecule has 0 spiro atoms. The molecule has 0 heterocycles. The quantitative estimate of drug-likeness (QED) is 0.621. The lowest BCUT2D eigenvalue weighted by molar-refractivity contribution is -0.139. The largest absolute Gasteiger partial charge is 0.480 e. The van der Waals surface area contributed by atoms with Crippen LogP contribution in [0.15, 0.2) is 0 Å². The van der Waals surface area contributed by atoms with Gasteiger partial charge in [0.1, 0.15) is 11.6 Å².